The minimum atomic E-state index is -3.44. The quantitative estimate of drug-likeness (QED) is 0.0948. The minimum Gasteiger partial charge on any atom is -0.396 e. The van der Waals surface area contributed by atoms with Crippen molar-refractivity contribution >= 4 is 7.82 Å². The van der Waals surface area contributed by atoms with E-state index in [4.69, 9.17) is 23.8 Å². The number of aliphatic hydroxyl groups is 2. The van der Waals surface area contributed by atoms with E-state index in [0.29, 0.717) is 32.3 Å². The largest absolute Gasteiger partial charge is 0.474 e. The summed E-state index contributed by atoms with van der Waals surface area (Å²) in [7, 11) is -2.05. The Bertz CT molecular complexity index is 448. The Kier molecular flexibility index (Phi) is 23.8. The van der Waals surface area contributed by atoms with Gasteiger partial charge in [-0.15, -0.1) is 0 Å². The van der Waals surface area contributed by atoms with E-state index in [1.807, 2.05) is 0 Å². The molecule has 0 heterocycles. The monoisotopic (exact) mass is 494 g/mol. The molecule has 200 valence electrons. The predicted molar refractivity (Wildman–Crippen MR) is 138 cm³/mol. The van der Waals surface area contributed by atoms with Gasteiger partial charge in [-0.3, -0.25) is 13.6 Å². The van der Waals surface area contributed by atoms with Crippen molar-refractivity contribution in [1.29, 1.82) is 0 Å². The first-order valence-corrected chi connectivity index (χ1v) is 15.2. The van der Waals surface area contributed by atoms with Crippen LogP contribution in [0, 0.1) is 11.8 Å². The van der Waals surface area contributed by atoms with Crippen LogP contribution in [-0.2, 0) is 18.1 Å². The molecule has 0 rings (SSSR count). The molecule has 0 aromatic rings. The first-order valence-electron chi connectivity index (χ1n) is 13.7. The summed E-state index contributed by atoms with van der Waals surface area (Å²) in [5, 5.41) is 17.8. The summed E-state index contributed by atoms with van der Waals surface area (Å²) < 4.78 is 28.7. The summed E-state index contributed by atoms with van der Waals surface area (Å²) in [4.78, 5) is 0. The lowest BCUT2D eigenvalue weighted by molar-refractivity contribution is 0.126. The molecule has 2 N–H and O–H groups in total. The number of rotatable bonds is 26. The van der Waals surface area contributed by atoms with Crippen molar-refractivity contribution in [2.75, 3.05) is 33.5 Å². The van der Waals surface area contributed by atoms with Gasteiger partial charge in [-0.25, -0.2) is 4.57 Å². The zero-order valence-electron chi connectivity index (χ0n) is 22.0. The Labute approximate surface area is 204 Å². The summed E-state index contributed by atoms with van der Waals surface area (Å²) in [6, 6.07) is 0. The van der Waals surface area contributed by atoms with Crippen LogP contribution in [0.4, 0.5) is 0 Å². The number of hydrogen-bond acceptors (Lipinski definition) is 6. The van der Waals surface area contributed by atoms with Crippen molar-refractivity contribution < 1.29 is 28.3 Å². The molecular formula is C26H55O6P. The van der Waals surface area contributed by atoms with Gasteiger partial charge in [0, 0.05) is 20.3 Å². The minimum absolute atomic E-state index is 0.293. The molecule has 3 atom stereocenters. The summed E-state index contributed by atoms with van der Waals surface area (Å²) in [5.74, 6) is 1.41. The van der Waals surface area contributed by atoms with Crippen LogP contribution in [0.2, 0.25) is 0 Å². The van der Waals surface area contributed by atoms with Crippen molar-refractivity contribution in [2.24, 2.45) is 11.8 Å². The topological polar surface area (TPSA) is 85.2 Å². The maximum atomic E-state index is 12.6. The van der Waals surface area contributed by atoms with Crippen molar-refractivity contribution in [3.05, 3.63) is 0 Å². The van der Waals surface area contributed by atoms with Gasteiger partial charge in [-0.2, -0.15) is 0 Å². The Balaban J connectivity index is 3.84. The van der Waals surface area contributed by atoms with Gasteiger partial charge in [-0.05, 0) is 50.4 Å². The molecular weight excluding hydrogens is 439 g/mol. The van der Waals surface area contributed by atoms with Gasteiger partial charge in [0.25, 0.3) is 0 Å². The Hall–Kier alpha value is 0.0300. The fourth-order valence-electron chi connectivity index (χ4n) is 4.32. The molecule has 0 aromatic carbocycles. The Morgan fingerprint density at radius 2 is 1.03 bits per heavy atom. The van der Waals surface area contributed by atoms with E-state index in [9.17, 15) is 4.57 Å². The van der Waals surface area contributed by atoms with E-state index in [0.717, 1.165) is 70.1 Å². The second-order valence-corrected chi connectivity index (χ2v) is 11.1. The standard InChI is InChI=1S/C26H55O6P/c1-4-25(19-15-22-28)17-12-8-10-14-23-31-33(29,30-3)32-24-16-20-26(5-2)18-11-7-6-9-13-21-27/h25-28H,4-24H2,1-3H3. The maximum Gasteiger partial charge on any atom is 0.474 e. The average Bonchev–Trinajstić information content (AvgIpc) is 2.83. The van der Waals surface area contributed by atoms with E-state index >= 15 is 0 Å². The number of phosphoric ester groups is 1. The molecule has 0 radical (unpaired) electrons. The molecule has 0 spiro atoms. The molecule has 0 fully saturated rings. The highest BCUT2D eigenvalue weighted by Gasteiger charge is 2.24. The molecule has 0 aromatic heterocycles. The first-order chi connectivity index (χ1) is 16.0. The Morgan fingerprint density at radius 3 is 1.55 bits per heavy atom. The number of hydrogen-bond donors (Lipinski definition) is 2. The molecule has 7 heteroatoms. The number of phosphoric acid groups is 1. The van der Waals surface area contributed by atoms with Gasteiger partial charge in [0.2, 0.25) is 0 Å². The zero-order chi connectivity index (χ0) is 24.6. The fraction of sp³-hybridized carbons (Fsp3) is 1.00. The summed E-state index contributed by atoms with van der Waals surface area (Å²) in [5.41, 5.74) is 0. The molecule has 3 unspecified atom stereocenters. The van der Waals surface area contributed by atoms with Crippen molar-refractivity contribution in [3.8, 4) is 0 Å². The third-order valence-corrected chi connectivity index (χ3v) is 8.13. The van der Waals surface area contributed by atoms with Gasteiger partial charge in [0.1, 0.15) is 0 Å². The van der Waals surface area contributed by atoms with Crippen LogP contribution >= 0.6 is 7.82 Å². The molecule has 0 aliphatic heterocycles. The van der Waals surface area contributed by atoms with Gasteiger partial charge >= 0.3 is 7.82 Å². The molecule has 0 bridgehead atoms. The van der Waals surface area contributed by atoms with E-state index < -0.39 is 7.82 Å². The normalized spacial score (nSPS) is 15.4. The van der Waals surface area contributed by atoms with Crippen LogP contribution in [0.3, 0.4) is 0 Å². The molecule has 33 heavy (non-hydrogen) atoms. The highest BCUT2D eigenvalue weighted by Crippen LogP contribution is 2.48. The van der Waals surface area contributed by atoms with Crippen LogP contribution in [0.15, 0.2) is 0 Å². The smallest absolute Gasteiger partial charge is 0.396 e. The lowest BCUT2D eigenvalue weighted by Crippen LogP contribution is -2.04. The molecule has 0 aliphatic carbocycles. The fourth-order valence-corrected chi connectivity index (χ4v) is 5.31. The summed E-state index contributed by atoms with van der Waals surface area (Å²) in [6.45, 7) is 5.87. The predicted octanol–water partition coefficient (Wildman–Crippen LogP) is 7.66. The Morgan fingerprint density at radius 1 is 0.606 bits per heavy atom. The van der Waals surface area contributed by atoms with Crippen LogP contribution in [0.1, 0.15) is 123 Å². The lowest BCUT2D eigenvalue weighted by Gasteiger charge is -2.18. The van der Waals surface area contributed by atoms with Crippen LogP contribution in [0.5, 0.6) is 0 Å². The van der Waals surface area contributed by atoms with E-state index in [-0.39, 0.29) is 0 Å². The maximum absolute atomic E-state index is 12.6. The van der Waals surface area contributed by atoms with Gasteiger partial charge in [0.05, 0.1) is 13.2 Å². The van der Waals surface area contributed by atoms with Crippen molar-refractivity contribution in [1.82, 2.24) is 0 Å². The molecule has 0 saturated heterocycles. The SMILES string of the molecule is CCC(CCCO)CCCCCCOP(=O)(OC)OCCCC(CC)CCCCCCCO. The molecule has 0 aliphatic rings. The third kappa shape index (κ3) is 20.0. The van der Waals surface area contributed by atoms with Gasteiger partial charge in [0.15, 0.2) is 0 Å². The van der Waals surface area contributed by atoms with E-state index in [1.165, 1.54) is 52.1 Å². The summed E-state index contributed by atoms with van der Waals surface area (Å²) in [6.07, 6.45) is 18.8. The van der Waals surface area contributed by atoms with Gasteiger partial charge < -0.3 is 10.2 Å². The van der Waals surface area contributed by atoms with Crippen LogP contribution in [-0.4, -0.2) is 43.8 Å². The van der Waals surface area contributed by atoms with Crippen molar-refractivity contribution in [2.45, 2.75) is 123 Å². The molecule has 6 nitrogen and oxygen atoms in total. The average molecular weight is 495 g/mol. The zero-order valence-corrected chi connectivity index (χ0v) is 22.9. The lowest BCUT2D eigenvalue weighted by atomic mass is 9.94. The van der Waals surface area contributed by atoms with Crippen molar-refractivity contribution in [3.63, 3.8) is 0 Å². The van der Waals surface area contributed by atoms with E-state index in [1.54, 1.807) is 0 Å². The number of aliphatic hydroxyl groups excluding tert-OH is 2. The number of unbranched alkanes of at least 4 members (excludes halogenated alkanes) is 7. The summed E-state index contributed by atoms with van der Waals surface area (Å²) >= 11 is 0. The molecule has 0 saturated carbocycles. The third-order valence-electron chi connectivity index (χ3n) is 6.68. The highest BCUT2D eigenvalue weighted by atomic mass is 31.2. The van der Waals surface area contributed by atoms with E-state index in [2.05, 4.69) is 13.8 Å². The second kappa shape index (κ2) is 23.8. The van der Waals surface area contributed by atoms with Crippen LogP contribution < -0.4 is 0 Å². The highest BCUT2D eigenvalue weighted by molar-refractivity contribution is 7.48. The molecule has 0 amide bonds. The first kappa shape index (κ1) is 33.0. The van der Waals surface area contributed by atoms with Gasteiger partial charge in [-0.1, -0.05) is 84.5 Å². The second-order valence-electron chi connectivity index (χ2n) is 9.34. The van der Waals surface area contributed by atoms with Crippen LogP contribution in [0.25, 0.3) is 0 Å².